The van der Waals surface area contributed by atoms with E-state index in [1.807, 2.05) is 13.0 Å². The van der Waals surface area contributed by atoms with Crippen LogP contribution >= 0.6 is 24.0 Å². The molecule has 2 N–H and O–H groups in total. The predicted molar refractivity (Wildman–Crippen MR) is 115 cm³/mol. The minimum Gasteiger partial charge on any atom is -0.467 e. The first-order valence-corrected chi connectivity index (χ1v) is 8.94. The Morgan fingerprint density at radius 2 is 2.00 bits per heavy atom. The molecule has 0 spiro atoms. The van der Waals surface area contributed by atoms with Crippen molar-refractivity contribution in [1.29, 1.82) is 0 Å². The molecule has 8 heteroatoms. The van der Waals surface area contributed by atoms with Crippen molar-refractivity contribution in [2.75, 3.05) is 19.9 Å². The van der Waals surface area contributed by atoms with Crippen LogP contribution < -0.4 is 15.4 Å². The second-order valence-corrected chi connectivity index (χ2v) is 6.17. The van der Waals surface area contributed by atoms with Crippen LogP contribution in [0.3, 0.4) is 0 Å². The van der Waals surface area contributed by atoms with E-state index >= 15 is 0 Å². The summed E-state index contributed by atoms with van der Waals surface area (Å²) < 4.78 is 37.8. The van der Waals surface area contributed by atoms with E-state index in [1.165, 1.54) is 24.3 Å². The molecule has 0 saturated carbocycles. The van der Waals surface area contributed by atoms with E-state index in [1.54, 1.807) is 6.07 Å². The quantitative estimate of drug-likeness (QED) is 0.359. The maximum atomic E-state index is 13.8. The molecule has 0 amide bonds. The number of nitrogens with one attached hydrogen (secondary N) is 2. The van der Waals surface area contributed by atoms with Crippen LogP contribution in [0, 0.1) is 11.6 Å². The summed E-state index contributed by atoms with van der Waals surface area (Å²) in [5, 5.41) is 6.36. The summed E-state index contributed by atoms with van der Waals surface area (Å²) in [6, 6.07) is 9.29. The molecule has 2 aromatic rings. The minimum absolute atomic E-state index is 0. The maximum Gasteiger partial charge on any atom is 0.191 e. The molecule has 1 heterocycles. The van der Waals surface area contributed by atoms with E-state index in [-0.39, 0.29) is 42.4 Å². The Balaban J connectivity index is 0.00000280. The zero-order valence-electron chi connectivity index (χ0n) is 15.6. The van der Waals surface area contributed by atoms with Gasteiger partial charge >= 0.3 is 0 Å². The van der Waals surface area contributed by atoms with Crippen molar-refractivity contribution in [2.45, 2.75) is 26.5 Å². The highest BCUT2D eigenvalue weighted by Crippen LogP contribution is 2.29. The number of halogens is 3. The van der Waals surface area contributed by atoms with E-state index in [9.17, 15) is 8.78 Å². The van der Waals surface area contributed by atoms with Crippen molar-refractivity contribution in [3.8, 4) is 5.75 Å². The Kier molecular flexibility index (Phi) is 8.91. The van der Waals surface area contributed by atoms with Crippen LogP contribution in [-0.4, -0.2) is 25.8 Å². The minimum atomic E-state index is -0.301. The number of nitrogens with zero attached hydrogens (tertiary/aromatic N) is 1. The van der Waals surface area contributed by atoms with Gasteiger partial charge in [-0.15, -0.1) is 24.0 Å². The maximum absolute atomic E-state index is 13.8. The number of rotatable bonds is 6. The molecular formula is C20H24F2IN3O2. The molecule has 0 unspecified atom stereocenters. The van der Waals surface area contributed by atoms with Crippen molar-refractivity contribution in [2.24, 2.45) is 4.99 Å². The fourth-order valence-electron chi connectivity index (χ4n) is 2.91. The molecule has 152 valence electrons. The Labute approximate surface area is 180 Å². The smallest absolute Gasteiger partial charge is 0.191 e. The SMILES string of the molecule is CCNC(=NCc1cccc(F)c1)NCCc1cc(F)cc2c1OCOC2.I. The van der Waals surface area contributed by atoms with Crippen LogP contribution in [0.4, 0.5) is 8.78 Å². The van der Waals surface area contributed by atoms with Gasteiger partial charge in [-0.1, -0.05) is 12.1 Å². The van der Waals surface area contributed by atoms with Crippen LogP contribution in [0.15, 0.2) is 41.4 Å². The average molecular weight is 503 g/mol. The molecule has 0 saturated heterocycles. The standard InChI is InChI=1S/C20H23F2N3O2.HI/c1-2-23-20(25-11-14-4-3-5-17(21)8-14)24-7-6-15-9-18(22)10-16-12-26-13-27-19(15)16;/h3-5,8-10H,2,6-7,11-13H2,1H3,(H2,23,24,25);1H. The Hall–Kier alpha value is -1.94. The number of fused-ring (bicyclic) bond motifs is 1. The van der Waals surface area contributed by atoms with Gasteiger partial charge in [-0.05, 0) is 48.7 Å². The summed E-state index contributed by atoms with van der Waals surface area (Å²) in [6.07, 6.45) is 0.574. The third-order valence-electron chi connectivity index (χ3n) is 4.09. The van der Waals surface area contributed by atoms with Crippen LogP contribution in [0.25, 0.3) is 0 Å². The Bertz CT molecular complexity index is 818. The number of hydrogen-bond acceptors (Lipinski definition) is 3. The van der Waals surface area contributed by atoms with E-state index in [4.69, 9.17) is 9.47 Å². The molecule has 28 heavy (non-hydrogen) atoms. The lowest BCUT2D eigenvalue weighted by atomic mass is 10.1. The topological polar surface area (TPSA) is 54.9 Å². The number of guanidine groups is 1. The van der Waals surface area contributed by atoms with Crippen molar-refractivity contribution in [3.05, 3.63) is 64.7 Å². The summed E-state index contributed by atoms with van der Waals surface area (Å²) in [4.78, 5) is 4.46. The first-order chi connectivity index (χ1) is 13.2. The fourth-order valence-corrected chi connectivity index (χ4v) is 2.91. The van der Waals surface area contributed by atoms with Gasteiger partial charge in [0.15, 0.2) is 12.8 Å². The zero-order chi connectivity index (χ0) is 19.1. The van der Waals surface area contributed by atoms with Crippen molar-refractivity contribution in [1.82, 2.24) is 10.6 Å². The fraction of sp³-hybridized carbons (Fsp3) is 0.350. The molecule has 1 aliphatic heterocycles. The molecule has 0 atom stereocenters. The van der Waals surface area contributed by atoms with Crippen LogP contribution in [-0.2, 0) is 24.3 Å². The molecule has 0 radical (unpaired) electrons. The van der Waals surface area contributed by atoms with Gasteiger partial charge in [-0.25, -0.2) is 13.8 Å². The summed E-state index contributed by atoms with van der Waals surface area (Å²) in [5.41, 5.74) is 2.31. The lowest BCUT2D eigenvalue weighted by Crippen LogP contribution is -2.38. The van der Waals surface area contributed by atoms with Crippen LogP contribution in [0.5, 0.6) is 5.75 Å². The monoisotopic (exact) mass is 503 g/mol. The average Bonchev–Trinajstić information content (AvgIpc) is 2.66. The zero-order valence-corrected chi connectivity index (χ0v) is 18.0. The van der Waals surface area contributed by atoms with Crippen LogP contribution in [0.2, 0.25) is 0 Å². The highest BCUT2D eigenvalue weighted by Gasteiger charge is 2.16. The predicted octanol–water partition coefficient (Wildman–Crippen LogP) is 3.75. The summed E-state index contributed by atoms with van der Waals surface area (Å²) >= 11 is 0. The van der Waals surface area contributed by atoms with E-state index in [0.717, 1.165) is 16.7 Å². The van der Waals surface area contributed by atoms with Crippen molar-refractivity contribution >= 4 is 29.9 Å². The first kappa shape index (κ1) is 22.4. The van der Waals surface area contributed by atoms with Crippen LogP contribution in [0.1, 0.15) is 23.6 Å². The number of aliphatic imine (C=N–C) groups is 1. The molecule has 0 aromatic heterocycles. The molecule has 2 aromatic carbocycles. The van der Waals surface area contributed by atoms with Gasteiger partial charge in [0.25, 0.3) is 0 Å². The van der Waals surface area contributed by atoms with Crippen molar-refractivity contribution < 1.29 is 18.3 Å². The van der Waals surface area contributed by atoms with Gasteiger partial charge in [0.1, 0.15) is 17.4 Å². The van der Waals surface area contributed by atoms with Gasteiger partial charge in [0, 0.05) is 18.7 Å². The highest BCUT2D eigenvalue weighted by atomic mass is 127. The lowest BCUT2D eigenvalue weighted by Gasteiger charge is -2.21. The molecule has 0 fully saturated rings. The molecule has 0 bridgehead atoms. The number of benzene rings is 2. The number of hydrogen-bond donors (Lipinski definition) is 2. The van der Waals surface area contributed by atoms with Gasteiger partial charge in [-0.2, -0.15) is 0 Å². The van der Waals surface area contributed by atoms with Gasteiger partial charge < -0.3 is 20.1 Å². The number of ether oxygens (including phenoxy) is 2. The van der Waals surface area contributed by atoms with E-state index in [0.29, 0.717) is 44.4 Å². The Morgan fingerprint density at radius 1 is 1.14 bits per heavy atom. The molecular weight excluding hydrogens is 479 g/mol. The van der Waals surface area contributed by atoms with Gasteiger partial charge in [0.05, 0.1) is 13.2 Å². The second-order valence-electron chi connectivity index (χ2n) is 6.17. The van der Waals surface area contributed by atoms with E-state index in [2.05, 4.69) is 15.6 Å². The molecule has 3 rings (SSSR count). The molecule has 0 aliphatic carbocycles. The lowest BCUT2D eigenvalue weighted by molar-refractivity contribution is -0.0172. The third kappa shape index (κ3) is 6.30. The molecule has 1 aliphatic rings. The third-order valence-corrected chi connectivity index (χ3v) is 4.09. The Morgan fingerprint density at radius 3 is 2.79 bits per heavy atom. The molecule has 5 nitrogen and oxygen atoms in total. The summed E-state index contributed by atoms with van der Waals surface area (Å²) in [5.74, 6) is 0.743. The van der Waals surface area contributed by atoms with Gasteiger partial charge in [0.2, 0.25) is 0 Å². The highest BCUT2D eigenvalue weighted by molar-refractivity contribution is 14.0. The normalized spacial score (nSPS) is 13.2. The van der Waals surface area contributed by atoms with Crippen molar-refractivity contribution in [3.63, 3.8) is 0 Å². The van der Waals surface area contributed by atoms with E-state index < -0.39 is 0 Å². The summed E-state index contributed by atoms with van der Waals surface area (Å²) in [7, 11) is 0. The van der Waals surface area contributed by atoms with Gasteiger partial charge in [-0.3, -0.25) is 0 Å². The largest absolute Gasteiger partial charge is 0.467 e. The second kappa shape index (κ2) is 11.2. The first-order valence-electron chi connectivity index (χ1n) is 8.94. The summed E-state index contributed by atoms with van der Waals surface area (Å²) in [6.45, 7) is 4.11.